The Labute approximate surface area is 180 Å². The monoisotopic (exact) mass is 406 g/mol. The van der Waals surface area contributed by atoms with Gasteiger partial charge in [0.25, 0.3) is 0 Å². The predicted octanol–water partition coefficient (Wildman–Crippen LogP) is 4.16. The minimum atomic E-state index is 0.192. The van der Waals surface area contributed by atoms with Crippen LogP contribution in [0.15, 0.2) is 48.7 Å². The van der Waals surface area contributed by atoms with Gasteiger partial charge in [0.1, 0.15) is 11.5 Å². The van der Waals surface area contributed by atoms with Gasteiger partial charge in [-0.05, 0) is 41.5 Å². The molecule has 1 aliphatic rings. The van der Waals surface area contributed by atoms with Crippen molar-refractivity contribution in [1.82, 2.24) is 14.3 Å². The van der Waals surface area contributed by atoms with E-state index in [1.807, 2.05) is 0 Å². The topological polar surface area (TPSA) is 41.8 Å². The Bertz CT molecular complexity index is 949. The average molecular weight is 407 g/mol. The zero-order valence-corrected chi connectivity index (χ0v) is 18.5. The molecule has 160 valence electrons. The van der Waals surface area contributed by atoms with Crippen molar-refractivity contribution in [2.24, 2.45) is 0 Å². The fraction of sp³-hybridized carbons (Fsp3) is 0.480. The summed E-state index contributed by atoms with van der Waals surface area (Å²) in [4.78, 5) is 7.37. The number of nitrogens with one attached hydrogen (secondary N) is 1. The zero-order valence-electron chi connectivity index (χ0n) is 18.5. The summed E-state index contributed by atoms with van der Waals surface area (Å²) in [6, 6.07) is 15.3. The van der Waals surface area contributed by atoms with Crippen LogP contribution < -0.4 is 5.32 Å². The largest absolute Gasteiger partial charge is 0.379 e. The first kappa shape index (κ1) is 20.9. The number of anilines is 1. The summed E-state index contributed by atoms with van der Waals surface area (Å²) >= 11 is 0. The van der Waals surface area contributed by atoms with Gasteiger partial charge in [0.15, 0.2) is 0 Å². The number of aryl methyl sites for hydroxylation is 2. The number of hydrogen-bond acceptors (Lipinski definition) is 4. The summed E-state index contributed by atoms with van der Waals surface area (Å²) in [5.74, 6) is 1.13. The smallest absolute Gasteiger partial charge is 0.138 e. The van der Waals surface area contributed by atoms with E-state index in [1.54, 1.807) is 0 Å². The Balaban J connectivity index is 1.44. The molecule has 5 heteroatoms. The first-order valence-electron chi connectivity index (χ1n) is 11.1. The molecule has 0 saturated carbocycles. The highest BCUT2D eigenvalue weighted by atomic mass is 16.5. The highest BCUT2D eigenvalue weighted by Crippen LogP contribution is 2.24. The highest BCUT2D eigenvalue weighted by molar-refractivity contribution is 5.55. The van der Waals surface area contributed by atoms with Gasteiger partial charge in [-0.25, -0.2) is 4.98 Å². The minimum absolute atomic E-state index is 0.192. The fourth-order valence-corrected chi connectivity index (χ4v) is 4.00. The summed E-state index contributed by atoms with van der Waals surface area (Å²) in [6.45, 7) is 12.4. The highest BCUT2D eigenvalue weighted by Gasteiger charge is 2.15. The zero-order chi connectivity index (χ0) is 21.0. The number of nitrogens with zero attached hydrogens (tertiary/aromatic N) is 3. The van der Waals surface area contributed by atoms with E-state index < -0.39 is 0 Å². The van der Waals surface area contributed by atoms with Gasteiger partial charge in [0.05, 0.1) is 18.9 Å². The van der Waals surface area contributed by atoms with Crippen molar-refractivity contribution in [3.8, 4) is 0 Å². The minimum Gasteiger partial charge on any atom is -0.379 e. The van der Waals surface area contributed by atoms with Gasteiger partial charge >= 0.3 is 0 Å². The van der Waals surface area contributed by atoms with Crippen molar-refractivity contribution in [1.29, 1.82) is 0 Å². The Morgan fingerprint density at radius 3 is 2.50 bits per heavy atom. The Morgan fingerprint density at radius 1 is 1.00 bits per heavy atom. The molecule has 1 saturated heterocycles. The maximum absolute atomic E-state index is 5.45. The summed E-state index contributed by atoms with van der Waals surface area (Å²) < 4.78 is 7.63. The molecule has 1 aromatic carbocycles. The van der Waals surface area contributed by atoms with Gasteiger partial charge in [0.2, 0.25) is 0 Å². The van der Waals surface area contributed by atoms with Gasteiger partial charge in [-0.3, -0.25) is 9.30 Å². The molecule has 0 spiro atoms. The second-order valence-electron chi connectivity index (χ2n) is 9.16. The van der Waals surface area contributed by atoms with Crippen molar-refractivity contribution in [3.63, 3.8) is 0 Å². The third-order valence-electron chi connectivity index (χ3n) is 5.90. The number of fused-ring (bicyclic) bond motifs is 1. The first-order chi connectivity index (χ1) is 14.5. The standard InChI is InChI=1S/C25H34N4O/c1-25(2,3)21-10-7-20(8-11-21)9-12-22-24(29-14-5-4-6-23(29)27-22)26-13-15-28-16-18-30-19-17-28/h4-8,10-11,14,26H,9,12-13,15-19H2,1-3H3. The van der Waals surface area contributed by atoms with Crippen molar-refractivity contribution < 1.29 is 4.74 Å². The molecular formula is C25H34N4O. The van der Waals surface area contributed by atoms with E-state index in [0.717, 1.165) is 69.4 Å². The lowest BCUT2D eigenvalue weighted by atomic mass is 9.86. The van der Waals surface area contributed by atoms with E-state index in [9.17, 15) is 0 Å². The Morgan fingerprint density at radius 2 is 1.77 bits per heavy atom. The molecule has 3 heterocycles. The van der Waals surface area contributed by atoms with Crippen molar-refractivity contribution in [2.75, 3.05) is 44.7 Å². The van der Waals surface area contributed by atoms with Crippen molar-refractivity contribution in [3.05, 3.63) is 65.5 Å². The van der Waals surface area contributed by atoms with Crippen molar-refractivity contribution >= 4 is 11.5 Å². The Hall–Kier alpha value is -2.37. The van der Waals surface area contributed by atoms with Gasteiger partial charge in [-0.1, -0.05) is 51.1 Å². The van der Waals surface area contributed by atoms with E-state index >= 15 is 0 Å². The van der Waals surface area contributed by atoms with Gasteiger partial charge in [0, 0.05) is 32.4 Å². The average Bonchev–Trinajstić information content (AvgIpc) is 3.10. The number of benzene rings is 1. The molecule has 0 atom stereocenters. The number of imidazole rings is 1. The van der Waals surface area contributed by atoms with Crippen LogP contribution in [0.5, 0.6) is 0 Å². The number of ether oxygens (including phenoxy) is 1. The molecule has 1 N–H and O–H groups in total. The summed E-state index contributed by atoms with van der Waals surface area (Å²) in [7, 11) is 0. The van der Waals surface area contributed by atoms with E-state index in [-0.39, 0.29) is 5.41 Å². The quantitative estimate of drug-likeness (QED) is 0.640. The van der Waals surface area contributed by atoms with Crippen LogP contribution >= 0.6 is 0 Å². The maximum Gasteiger partial charge on any atom is 0.138 e. The predicted molar refractivity (Wildman–Crippen MR) is 123 cm³/mol. The number of rotatable bonds is 7. The van der Waals surface area contributed by atoms with Crippen LogP contribution in [0.4, 0.5) is 5.82 Å². The molecule has 0 amide bonds. The Kier molecular flexibility index (Phi) is 6.40. The number of morpholine rings is 1. The lowest BCUT2D eigenvalue weighted by molar-refractivity contribution is 0.0398. The van der Waals surface area contributed by atoms with Crippen LogP contribution in [0, 0.1) is 0 Å². The summed E-state index contributed by atoms with van der Waals surface area (Å²) in [5, 5.41) is 3.67. The lowest BCUT2D eigenvalue weighted by Gasteiger charge is -2.26. The molecule has 1 aliphatic heterocycles. The molecular weight excluding hydrogens is 372 g/mol. The number of aromatic nitrogens is 2. The molecule has 5 nitrogen and oxygen atoms in total. The molecule has 2 aromatic heterocycles. The van der Waals surface area contributed by atoms with Crippen molar-refractivity contribution in [2.45, 2.75) is 39.0 Å². The number of hydrogen-bond donors (Lipinski definition) is 1. The molecule has 1 fully saturated rings. The molecule has 30 heavy (non-hydrogen) atoms. The molecule has 0 aliphatic carbocycles. The summed E-state index contributed by atoms with van der Waals surface area (Å²) in [6.07, 6.45) is 4.02. The third-order valence-corrected chi connectivity index (χ3v) is 5.90. The SMILES string of the molecule is CC(C)(C)c1ccc(CCc2nc3ccccn3c2NCCN2CCOCC2)cc1. The first-order valence-corrected chi connectivity index (χ1v) is 11.1. The van der Waals surface area contributed by atoms with Crippen LogP contribution in [0.1, 0.15) is 37.6 Å². The fourth-order valence-electron chi connectivity index (χ4n) is 4.00. The van der Waals surface area contributed by atoms with Gasteiger partial charge in [-0.2, -0.15) is 0 Å². The van der Waals surface area contributed by atoms with Crippen LogP contribution in [0.3, 0.4) is 0 Å². The van der Waals surface area contributed by atoms with E-state index in [0.29, 0.717) is 0 Å². The van der Waals surface area contributed by atoms with E-state index in [2.05, 4.69) is 84.1 Å². The second kappa shape index (κ2) is 9.19. The molecule has 0 bridgehead atoms. The van der Waals surface area contributed by atoms with Crippen LogP contribution in [0.25, 0.3) is 5.65 Å². The second-order valence-corrected chi connectivity index (χ2v) is 9.16. The normalized spacial score (nSPS) is 15.6. The molecule has 3 aromatic rings. The number of pyridine rings is 1. The summed E-state index contributed by atoms with van der Waals surface area (Å²) in [5.41, 5.74) is 5.08. The molecule has 0 radical (unpaired) electrons. The van der Waals surface area contributed by atoms with Crippen LogP contribution in [-0.2, 0) is 23.0 Å². The van der Waals surface area contributed by atoms with Gasteiger partial charge < -0.3 is 10.1 Å². The third kappa shape index (κ3) is 5.02. The lowest BCUT2D eigenvalue weighted by Crippen LogP contribution is -2.39. The van der Waals surface area contributed by atoms with Crippen LogP contribution in [-0.4, -0.2) is 53.7 Å². The van der Waals surface area contributed by atoms with Gasteiger partial charge in [-0.15, -0.1) is 0 Å². The van der Waals surface area contributed by atoms with Crippen LogP contribution in [0.2, 0.25) is 0 Å². The van der Waals surface area contributed by atoms with E-state index in [4.69, 9.17) is 9.72 Å². The molecule has 4 rings (SSSR count). The van der Waals surface area contributed by atoms with E-state index in [1.165, 1.54) is 11.1 Å². The molecule has 0 unspecified atom stereocenters. The maximum atomic E-state index is 5.45.